The third kappa shape index (κ3) is 2.27. The molecule has 1 aliphatic rings. The molecular formula is C16H17BrN2O. The number of aromatic nitrogens is 2. The van der Waals surface area contributed by atoms with Gasteiger partial charge in [-0.05, 0) is 31.9 Å². The van der Waals surface area contributed by atoms with Gasteiger partial charge in [-0.15, -0.1) is 0 Å². The van der Waals surface area contributed by atoms with E-state index in [1.54, 1.807) is 0 Å². The lowest BCUT2D eigenvalue weighted by molar-refractivity contribution is 0.112. The van der Waals surface area contributed by atoms with Crippen LogP contribution in [0.15, 0.2) is 34.8 Å². The summed E-state index contributed by atoms with van der Waals surface area (Å²) >= 11 is 3.57. The smallest absolute Gasteiger partial charge is 0.137 e. The van der Waals surface area contributed by atoms with Gasteiger partial charge in [-0.1, -0.05) is 40.5 Å². The molecule has 0 aliphatic heterocycles. The highest BCUT2D eigenvalue weighted by molar-refractivity contribution is 9.10. The van der Waals surface area contributed by atoms with Crippen LogP contribution < -0.4 is 0 Å². The molecule has 1 aromatic carbocycles. The zero-order valence-electron chi connectivity index (χ0n) is 11.4. The van der Waals surface area contributed by atoms with E-state index in [0.29, 0.717) is 0 Å². The molecule has 0 bridgehead atoms. The molecule has 1 aromatic heterocycles. The molecule has 1 heterocycles. The van der Waals surface area contributed by atoms with Crippen molar-refractivity contribution in [3.05, 3.63) is 46.3 Å². The lowest BCUT2D eigenvalue weighted by atomic mass is 9.68. The Balaban J connectivity index is 2.10. The SMILES string of the molecule is Cc1cc(-c2ccccc2Br)nc(C2(CO)CCC2)n1. The second-order valence-corrected chi connectivity index (χ2v) is 6.34. The fourth-order valence-electron chi connectivity index (χ4n) is 2.67. The van der Waals surface area contributed by atoms with Gasteiger partial charge in [0.05, 0.1) is 17.7 Å². The normalized spacial score (nSPS) is 16.8. The zero-order chi connectivity index (χ0) is 14.2. The summed E-state index contributed by atoms with van der Waals surface area (Å²) in [6.07, 6.45) is 3.09. The van der Waals surface area contributed by atoms with Crippen molar-refractivity contribution in [1.82, 2.24) is 9.97 Å². The van der Waals surface area contributed by atoms with Crippen molar-refractivity contribution in [3.63, 3.8) is 0 Å². The van der Waals surface area contributed by atoms with Gasteiger partial charge in [0.25, 0.3) is 0 Å². The second-order valence-electron chi connectivity index (χ2n) is 5.49. The Kier molecular flexibility index (Phi) is 3.61. The molecule has 1 aliphatic carbocycles. The van der Waals surface area contributed by atoms with Crippen molar-refractivity contribution in [2.75, 3.05) is 6.61 Å². The van der Waals surface area contributed by atoms with Crippen molar-refractivity contribution in [3.8, 4) is 11.3 Å². The Hall–Kier alpha value is -1.26. The average Bonchev–Trinajstić information content (AvgIpc) is 2.38. The quantitative estimate of drug-likeness (QED) is 0.933. The first-order valence-corrected chi connectivity index (χ1v) is 7.66. The number of halogens is 1. The molecule has 0 unspecified atom stereocenters. The number of benzene rings is 1. The maximum atomic E-state index is 9.71. The maximum absolute atomic E-state index is 9.71. The molecule has 2 aromatic rings. The van der Waals surface area contributed by atoms with Gasteiger partial charge < -0.3 is 5.11 Å². The minimum Gasteiger partial charge on any atom is -0.395 e. The fourth-order valence-corrected chi connectivity index (χ4v) is 3.16. The molecule has 4 heteroatoms. The van der Waals surface area contributed by atoms with Gasteiger partial charge in [0.15, 0.2) is 0 Å². The number of hydrogen-bond acceptors (Lipinski definition) is 3. The van der Waals surface area contributed by atoms with Crippen LogP contribution in [0.2, 0.25) is 0 Å². The van der Waals surface area contributed by atoms with Crippen molar-refractivity contribution >= 4 is 15.9 Å². The van der Waals surface area contributed by atoms with Crippen LogP contribution in [0.25, 0.3) is 11.3 Å². The lowest BCUT2D eigenvalue weighted by Gasteiger charge is -2.38. The standard InChI is InChI=1S/C16H17BrN2O/c1-11-9-14(12-5-2-3-6-13(12)17)19-15(18-11)16(10-20)7-4-8-16/h2-3,5-6,9,20H,4,7-8,10H2,1H3. The molecule has 1 N–H and O–H groups in total. The summed E-state index contributed by atoms with van der Waals surface area (Å²) in [5.74, 6) is 0.789. The highest BCUT2D eigenvalue weighted by Crippen LogP contribution is 2.42. The minimum absolute atomic E-state index is 0.131. The Morgan fingerprint density at radius 3 is 2.60 bits per heavy atom. The minimum atomic E-state index is -0.220. The van der Waals surface area contributed by atoms with E-state index in [-0.39, 0.29) is 12.0 Å². The van der Waals surface area contributed by atoms with E-state index >= 15 is 0 Å². The van der Waals surface area contributed by atoms with Crippen molar-refractivity contribution in [2.24, 2.45) is 0 Å². The fraction of sp³-hybridized carbons (Fsp3) is 0.375. The van der Waals surface area contributed by atoms with E-state index in [4.69, 9.17) is 4.98 Å². The van der Waals surface area contributed by atoms with Gasteiger partial charge in [0, 0.05) is 15.7 Å². The van der Waals surface area contributed by atoms with Crippen molar-refractivity contribution < 1.29 is 5.11 Å². The third-order valence-electron chi connectivity index (χ3n) is 4.09. The number of aliphatic hydroxyl groups is 1. The molecule has 0 spiro atoms. The number of hydrogen-bond donors (Lipinski definition) is 1. The average molecular weight is 333 g/mol. The van der Waals surface area contributed by atoms with Crippen LogP contribution >= 0.6 is 15.9 Å². The van der Waals surface area contributed by atoms with Gasteiger partial charge in [0.1, 0.15) is 5.82 Å². The summed E-state index contributed by atoms with van der Waals surface area (Å²) in [6.45, 7) is 2.11. The molecule has 104 valence electrons. The Morgan fingerprint density at radius 1 is 1.25 bits per heavy atom. The van der Waals surface area contributed by atoms with Crippen LogP contribution in [0.4, 0.5) is 0 Å². The summed E-state index contributed by atoms with van der Waals surface area (Å²) in [5.41, 5.74) is 2.70. The highest BCUT2D eigenvalue weighted by Gasteiger charge is 2.41. The van der Waals surface area contributed by atoms with Gasteiger partial charge in [0.2, 0.25) is 0 Å². The van der Waals surface area contributed by atoms with Crippen LogP contribution in [-0.2, 0) is 5.41 Å². The monoisotopic (exact) mass is 332 g/mol. The van der Waals surface area contributed by atoms with Crippen molar-refractivity contribution in [1.29, 1.82) is 0 Å². The first-order chi connectivity index (χ1) is 9.64. The largest absolute Gasteiger partial charge is 0.395 e. The number of aryl methyl sites for hydroxylation is 1. The van der Waals surface area contributed by atoms with Gasteiger partial charge in [-0.25, -0.2) is 9.97 Å². The van der Waals surface area contributed by atoms with Crippen LogP contribution in [0.3, 0.4) is 0 Å². The number of nitrogens with zero attached hydrogens (tertiary/aromatic N) is 2. The molecule has 1 fully saturated rings. The van der Waals surface area contributed by atoms with E-state index in [1.165, 1.54) is 0 Å². The van der Waals surface area contributed by atoms with E-state index in [9.17, 15) is 5.11 Å². The van der Waals surface area contributed by atoms with Crippen LogP contribution in [-0.4, -0.2) is 21.7 Å². The van der Waals surface area contributed by atoms with E-state index in [2.05, 4.69) is 20.9 Å². The number of rotatable bonds is 3. The highest BCUT2D eigenvalue weighted by atomic mass is 79.9. The van der Waals surface area contributed by atoms with Gasteiger partial charge >= 0.3 is 0 Å². The van der Waals surface area contributed by atoms with E-state index in [1.807, 2.05) is 37.3 Å². The van der Waals surface area contributed by atoms with Crippen molar-refractivity contribution in [2.45, 2.75) is 31.6 Å². The second kappa shape index (κ2) is 5.26. The van der Waals surface area contributed by atoms with Gasteiger partial charge in [-0.2, -0.15) is 0 Å². The molecule has 0 amide bonds. The molecule has 3 rings (SSSR count). The predicted molar refractivity (Wildman–Crippen MR) is 82.5 cm³/mol. The Bertz CT molecular complexity index is 633. The van der Waals surface area contributed by atoms with Crippen LogP contribution in [0, 0.1) is 6.92 Å². The zero-order valence-corrected chi connectivity index (χ0v) is 13.0. The molecule has 0 radical (unpaired) electrons. The molecule has 3 nitrogen and oxygen atoms in total. The molecule has 20 heavy (non-hydrogen) atoms. The summed E-state index contributed by atoms with van der Waals surface area (Å²) in [6, 6.07) is 10.0. The molecule has 0 atom stereocenters. The summed E-state index contributed by atoms with van der Waals surface area (Å²) in [5, 5.41) is 9.71. The summed E-state index contributed by atoms with van der Waals surface area (Å²) in [4.78, 5) is 9.30. The predicted octanol–water partition coefficient (Wildman–Crippen LogP) is 3.63. The lowest BCUT2D eigenvalue weighted by Crippen LogP contribution is -2.40. The van der Waals surface area contributed by atoms with E-state index in [0.717, 1.165) is 46.5 Å². The first-order valence-electron chi connectivity index (χ1n) is 6.86. The summed E-state index contributed by atoms with van der Waals surface area (Å²) < 4.78 is 1.02. The molecule has 1 saturated carbocycles. The van der Waals surface area contributed by atoms with Gasteiger partial charge in [-0.3, -0.25) is 0 Å². The third-order valence-corrected chi connectivity index (χ3v) is 4.78. The van der Waals surface area contributed by atoms with Crippen LogP contribution in [0.1, 0.15) is 30.8 Å². The maximum Gasteiger partial charge on any atom is 0.137 e. The molecule has 0 saturated heterocycles. The first kappa shape index (κ1) is 13.7. The Labute approximate surface area is 127 Å². The molecular weight excluding hydrogens is 316 g/mol. The summed E-state index contributed by atoms with van der Waals surface area (Å²) in [7, 11) is 0. The Morgan fingerprint density at radius 2 is 2.00 bits per heavy atom. The van der Waals surface area contributed by atoms with Crippen LogP contribution in [0.5, 0.6) is 0 Å². The topological polar surface area (TPSA) is 46.0 Å². The van der Waals surface area contributed by atoms with E-state index < -0.39 is 0 Å². The number of aliphatic hydroxyl groups excluding tert-OH is 1.